The molecule has 4 nitrogen and oxygen atoms in total. The minimum atomic E-state index is -1.72. The minimum Gasteiger partial charge on any atom is -0.507 e. The zero-order valence-corrected chi connectivity index (χ0v) is 32.4. The number of benzene rings is 2. The molecule has 0 aliphatic heterocycles. The molecule has 2 atom stereocenters. The van der Waals surface area contributed by atoms with Crippen LogP contribution in [-0.2, 0) is 21.7 Å². The number of phenols is 2. The van der Waals surface area contributed by atoms with Crippen LogP contribution in [0.1, 0.15) is 142 Å². The number of phenolic OH excluding ortho intramolecular Hbond substituents is 2. The Morgan fingerprint density at radius 2 is 0.886 bits per heavy atom. The number of nitrogens with zero attached hydrogens (tertiary/aromatic N) is 2. The normalized spacial score (nSPS) is 18.4. The van der Waals surface area contributed by atoms with Gasteiger partial charge in [-0.3, -0.25) is 9.98 Å². The Labute approximate surface area is 284 Å². The van der Waals surface area contributed by atoms with Crippen LogP contribution in [0.3, 0.4) is 0 Å². The highest BCUT2D eigenvalue weighted by Gasteiger charge is 2.28. The molecule has 244 valence electrons. The Hall–Kier alpha value is -1.22. The lowest BCUT2D eigenvalue weighted by Crippen LogP contribution is -2.27. The number of aliphatic imine (C=N–C) groups is 2. The van der Waals surface area contributed by atoms with Gasteiger partial charge in [-0.15, -0.1) is 0 Å². The van der Waals surface area contributed by atoms with Crippen LogP contribution in [-0.4, -0.2) is 46.1 Å². The number of hydrogen-bond acceptors (Lipinski definition) is 4. The van der Waals surface area contributed by atoms with Crippen LogP contribution >= 0.6 is 30.1 Å². The molecule has 0 saturated heterocycles. The molecule has 0 heterocycles. The van der Waals surface area contributed by atoms with Crippen molar-refractivity contribution in [3.8, 4) is 11.5 Å². The van der Waals surface area contributed by atoms with E-state index in [0.29, 0.717) is 11.5 Å². The molecule has 2 aromatic rings. The number of rotatable bonds is 4. The van der Waals surface area contributed by atoms with Gasteiger partial charge in [0, 0.05) is 34.7 Å². The molecule has 0 spiro atoms. The Morgan fingerprint density at radius 1 is 0.591 bits per heavy atom. The molecular weight excluding hydrogens is 626 g/mol. The molecule has 1 saturated carbocycles. The highest BCUT2D eigenvalue weighted by molar-refractivity contribution is 7.54. The van der Waals surface area contributed by atoms with Gasteiger partial charge in [0.2, 0.25) is 0 Å². The number of halogens is 3. The first-order chi connectivity index (χ1) is 19.9. The van der Waals surface area contributed by atoms with Gasteiger partial charge in [-0.1, -0.05) is 108 Å². The largest absolute Gasteiger partial charge is 0.643 e. The summed E-state index contributed by atoms with van der Waals surface area (Å²) in [5.41, 5.74) is 5.39. The van der Waals surface area contributed by atoms with Gasteiger partial charge in [-0.2, -0.15) is 0 Å². The van der Waals surface area contributed by atoms with Crippen LogP contribution in [0.2, 0.25) is 0 Å². The SMILES string of the molecule is CC(C)(C)c1cc(C=NC2CCCCC2N=Cc2cc(C(C)(C)C)cc(C(C)(C)C)c2O)c(O)c(C(C)(C)C)c1.[Cl][Al]([Cl])[Cl]. The highest BCUT2D eigenvalue weighted by Crippen LogP contribution is 2.39. The maximum Gasteiger partial charge on any atom is 0.643 e. The second-order valence-electron chi connectivity index (χ2n) is 16.1. The fourth-order valence-electron chi connectivity index (χ4n) is 5.31. The van der Waals surface area contributed by atoms with Gasteiger partial charge >= 0.3 is 11.4 Å². The first-order valence-electron chi connectivity index (χ1n) is 15.7. The van der Waals surface area contributed by atoms with Gasteiger partial charge < -0.3 is 10.2 Å². The summed E-state index contributed by atoms with van der Waals surface area (Å²) in [6, 6.07) is 8.53. The van der Waals surface area contributed by atoms with Crippen LogP contribution in [0, 0.1) is 0 Å². The van der Waals surface area contributed by atoms with Crippen molar-refractivity contribution in [2.75, 3.05) is 0 Å². The summed E-state index contributed by atoms with van der Waals surface area (Å²) in [7, 11) is 14.8. The van der Waals surface area contributed by atoms with Crippen molar-refractivity contribution in [2.45, 2.75) is 143 Å². The van der Waals surface area contributed by atoms with Crippen LogP contribution in [0.25, 0.3) is 0 Å². The smallest absolute Gasteiger partial charge is 0.507 e. The van der Waals surface area contributed by atoms with E-state index in [1.165, 1.54) is 11.1 Å². The lowest BCUT2D eigenvalue weighted by atomic mass is 9.79. The first kappa shape index (κ1) is 39.0. The van der Waals surface area contributed by atoms with Crippen molar-refractivity contribution < 1.29 is 10.2 Å². The molecule has 8 heteroatoms. The maximum absolute atomic E-state index is 11.2. The van der Waals surface area contributed by atoms with Crippen molar-refractivity contribution in [3.63, 3.8) is 0 Å². The maximum atomic E-state index is 11.2. The molecule has 44 heavy (non-hydrogen) atoms. The summed E-state index contributed by atoms with van der Waals surface area (Å²) in [5.74, 6) is 0.637. The van der Waals surface area contributed by atoms with E-state index in [1.54, 1.807) is 0 Å². The quantitative estimate of drug-likeness (QED) is 0.249. The Kier molecular flexibility index (Phi) is 13.4. The molecular formula is C36H54AlCl3N2O2. The standard InChI is InChI=1S/C36H54N2O2.Al.3ClH/c1-33(2,3)25-17-23(31(39)27(19-25)35(7,8)9)21-37-29-15-13-14-16-30(29)38-22-24-18-26(34(4,5)6)20-28(32(24)40)36(10,11)12;;;;/h17-22,29-30,39-40H,13-16H2,1-12H3;;3*1H/q;+3;;;/p-3. The molecule has 0 bridgehead atoms. The van der Waals surface area contributed by atoms with Crippen LogP contribution < -0.4 is 0 Å². The molecule has 2 N–H and O–H groups in total. The van der Waals surface area contributed by atoms with Crippen molar-refractivity contribution in [3.05, 3.63) is 57.6 Å². The second kappa shape index (κ2) is 15.1. The predicted octanol–water partition coefficient (Wildman–Crippen LogP) is 10.8. The molecule has 0 aromatic heterocycles. The summed E-state index contributed by atoms with van der Waals surface area (Å²) < 4.78 is 0. The van der Waals surface area contributed by atoms with E-state index in [1.807, 2.05) is 12.4 Å². The summed E-state index contributed by atoms with van der Waals surface area (Å²) >= 11 is -1.72. The molecule has 3 rings (SSSR count). The highest BCUT2D eigenvalue weighted by atomic mass is 35.8. The molecule has 0 amide bonds. The molecule has 1 fully saturated rings. The number of hydrogen-bond donors (Lipinski definition) is 2. The van der Waals surface area contributed by atoms with E-state index in [9.17, 15) is 10.2 Å². The molecule has 2 unspecified atom stereocenters. The van der Waals surface area contributed by atoms with E-state index in [2.05, 4.69) is 107 Å². The molecule has 2 aromatic carbocycles. The molecule has 1 aliphatic carbocycles. The van der Waals surface area contributed by atoms with Crippen molar-refractivity contribution in [1.29, 1.82) is 0 Å². The van der Waals surface area contributed by atoms with Gasteiger partial charge in [-0.05, 0) is 57.8 Å². The molecule has 1 aliphatic rings. The Balaban J connectivity index is 0.00000159. The zero-order valence-electron chi connectivity index (χ0n) is 28.9. The summed E-state index contributed by atoms with van der Waals surface area (Å²) in [5, 5.41) is 22.5. The third kappa shape index (κ3) is 11.2. The van der Waals surface area contributed by atoms with E-state index in [0.717, 1.165) is 47.9 Å². The van der Waals surface area contributed by atoms with Crippen LogP contribution in [0.4, 0.5) is 0 Å². The van der Waals surface area contributed by atoms with Crippen molar-refractivity contribution in [1.82, 2.24) is 0 Å². The van der Waals surface area contributed by atoms with E-state index in [-0.39, 0.29) is 33.7 Å². The average Bonchev–Trinajstić information content (AvgIpc) is 2.84. The fourth-order valence-corrected chi connectivity index (χ4v) is 5.31. The van der Waals surface area contributed by atoms with Gasteiger partial charge in [0.25, 0.3) is 0 Å². The Bertz CT molecular complexity index is 1230. The Morgan fingerprint density at radius 3 is 1.14 bits per heavy atom. The monoisotopic (exact) mass is 678 g/mol. The van der Waals surface area contributed by atoms with E-state index in [4.69, 9.17) is 40.1 Å². The fraction of sp³-hybridized carbons (Fsp3) is 0.611. The lowest BCUT2D eigenvalue weighted by Gasteiger charge is -2.28. The summed E-state index contributed by atoms with van der Waals surface area (Å²) in [6.45, 7) is 26.0. The van der Waals surface area contributed by atoms with Crippen molar-refractivity contribution >= 4 is 54.0 Å². The number of aromatic hydroxyl groups is 2. The van der Waals surface area contributed by atoms with Crippen LogP contribution in [0.15, 0.2) is 34.3 Å². The second-order valence-corrected chi connectivity index (χ2v) is 22.6. The van der Waals surface area contributed by atoms with Gasteiger partial charge in [0.1, 0.15) is 11.5 Å². The average molecular weight is 680 g/mol. The van der Waals surface area contributed by atoms with E-state index >= 15 is 0 Å². The van der Waals surface area contributed by atoms with Gasteiger partial charge in [-0.25, -0.2) is 30.1 Å². The van der Waals surface area contributed by atoms with Crippen molar-refractivity contribution in [2.24, 2.45) is 9.98 Å². The van der Waals surface area contributed by atoms with Crippen LogP contribution in [0.5, 0.6) is 11.5 Å². The third-order valence-electron chi connectivity index (χ3n) is 8.13. The zero-order chi connectivity index (χ0) is 33.8. The van der Waals surface area contributed by atoms with Gasteiger partial charge in [0.05, 0.1) is 12.1 Å². The first-order valence-corrected chi connectivity index (χ1v) is 20.9. The summed E-state index contributed by atoms with van der Waals surface area (Å²) in [6.07, 6.45) is 7.90. The van der Waals surface area contributed by atoms with Gasteiger partial charge in [0.15, 0.2) is 0 Å². The summed E-state index contributed by atoms with van der Waals surface area (Å²) in [4.78, 5) is 10.1. The predicted molar refractivity (Wildman–Crippen MR) is 196 cm³/mol. The molecule has 0 radical (unpaired) electrons. The lowest BCUT2D eigenvalue weighted by molar-refractivity contribution is 0.389. The third-order valence-corrected chi connectivity index (χ3v) is 8.13. The topological polar surface area (TPSA) is 65.2 Å². The van der Waals surface area contributed by atoms with E-state index < -0.39 is 11.4 Å². The minimum absolute atomic E-state index is 0.0378.